The monoisotopic (exact) mass is 481 g/mol. The SMILES string of the molecule is CCC[C@@]1(O)CC[C@@]2(Cc3ccccc3)c3ccc(C(=O)Cc4cccnc4C)cc3CCC[C@H]2C1. The molecule has 0 unspecified atom stereocenters. The first-order valence-corrected chi connectivity index (χ1v) is 13.8. The van der Waals surface area contributed by atoms with Crippen molar-refractivity contribution >= 4 is 5.78 Å². The maximum Gasteiger partial charge on any atom is 0.167 e. The highest BCUT2D eigenvalue weighted by Crippen LogP contribution is 2.54. The zero-order valence-electron chi connectivity index (χ0n) is 21.8. The minimum absolute atomic E-state index is 0.00861. The average molecular weight is 482 g/mol. The Morgan fingerprint density at radius 3 is 2.69 bits per heavy atom. The number of aryl methyl sites for hydroxylation is 2. The molecule has 1 N–H and O–H groups in total. The number of hydrogen-bond donors (Lipinski definition) is 1. The minimum Gasteiger partial charge on any atom is -0.390 e. The summed E-state index contributed by atoms with van der Waals surface area (Å²) < 4.78 is 0. The Hall–Kier alpha value is -2.78. The second-order valence-electron chi connectivity index (χ2n) is 11.3. The molecule has 0 spiro atoms. The van der Waals surface area contributed by atoms with Crippen molar-refractivity contribution in [3.05, 3.63) is 100 Å². The Kier molecular flexibility index (Phi) is 7.12. The summed E-state index contributed by atoms with van der Waals surface area (Å²) in [4.78, 5) is 17.6. The van der Waals surface area contributed by atoms with Gasteiger partial charge in [0.05, 0.1) is 5.60 Å². The number of rotatable bonds is 7. The van der Waals surface area contributed by atoms with Crippen LogP contribution in [-0.2, 0) is 24.7 Å². The molecule has 1 saturated carbocycles. The fraction of sp³-hybridized carbons (Fsp3) is 0.455. The Bertz CT molecular complexity index is 1220. The number of ketones is 1. The van der Waals surface area contributed by atoms with Gasteiger partial charge in [-0.3, -0.25) is 9.78 Å². The summed E-state index contributed by atoms with van der Waals surface area (Å²) in [6, 6.07) is 21.3. The van der Waals surface area contributed by atoms with Crippen molar-refractivity contribution in [2.45, 2.75) is 89.1 Å². The van der Waals surface area contributed by atoms with Crippen molar-refractivity contribution < 1.29 is 9.90 Å². The molecule has 188 valence electrons. The highest BCUT2D eigenvalue weighted by molar-refractivity contribution is 5.97. The van der Waals surface area contributed by atoms with Crippen LogP contribution in [0.25, 0.3) is 0 Å². The number of aromatic nitrogens is 1. The van der Waals surface area contributed by atoms with Crippen molar-refractivity contribution in [1.29, 1.82) is 0 Å². The van der Waals surface area contributed by atoms with Crippen molar-refractivity contribution in [1.82, 2.24) is 4.98 Å². The Morgan fingerprint density at radius 1 is 1.08 bits per heavy atom. The predicted molar refractivity (Wildman–Crippen MR) is 145 cm³/mol. The lowest BCUT2D eigenvalue weighted by Gasteiger charge is -2.50. The normalized spacial score (nSPS) is 25.5. The molecule has 0 aliphatic heterocycles. The van der Waals surface area contributed by atoms with E-state index in [1.165, 1.54) is 16.7 Å². The molecule has 0 saturated heterocycles. The summed E-state index contributed by atoms with van der Waals surface area (Å²) in [6.07, 6.45) is 11.0. The van der Waals surface area contributed by atoms with Crippen LogP contribution in [0.5, 0.6) is 0 Å². The van der Waals surface area contributed by atoms with E-state index < -0.39 is 5.60 Å². The van der Waals surface area contributed by atoms with Crippen molar-refractivity contribution in [3.63, 3.8) is 0 Å². The Labute approximate surface area is 216 Å². The van der Waals surface area contributed by atoms with Crippen LogP contribution in [0.2, 0.25) is 0 Å². The van der Waals surface area contributed by atoms with E-state index in [-0.39, 0.29) is 11.2 Å². The quantitative estimate of drug-likeness (QED) is 0.371. The zero-order valence-corrected chi connectivity index (χ0v) is 21.8. The van der Waals surface area contributed by atoms with Crippen LogP contribution in [0.15, 0.2) is 66.9 Å². The van der Waals surface area contributed by atoms with Gasteiger partial charge in [-0.05, 0) is 98.6 Å². The zero-order chi connectivity index (χ0) is 25.2. The molecule has 36 heavy (non-hydrogen) atoms. The highest BCUT2D eigenvalue weighted by atomic mass is 16.3. The molecule has 1 aromatic heterocycles. The largest absolute Gasteiger partial charge is 0.390 e. The predicted octanol–water partition coefficient (Wildman–Crippen LogP) is 6.96. The van der Waals surface area contributed by atoms with Gasteiger partial charge >= 0.3 is 0 Å². The van der Waals surface area contributed by atoms with Crippen molar-refractivity contribution in [2.75, 3.05) is 0 Å². The van der Waals surface area contributed by atoms with E-state index in [4.69, 9.17) is 0 Å². The van der Waals surface area contributed by atoms with Gasteiger partial charge in [-0.1, -0.05) is 61.9 Å². The topological polar surface area (TPSA) is 50.2 Å². The van der Waals surface area contributed by atoms with Crippen LogP contribution in [0.1, 0.15) is 90.2 Å². The summed E-state index contributed by atoms with van der Waals surface area (Å²) in [5.41, 5.74) is 6.32. The molecule has 0 amide bonds. The highest BCUT2D eigenvalue weighted by Gasteiger charge is 2.50. The number of aliphatic hydroxyl groups is 1. The molecule has 2 aliphatic rings. The average Bonchev–Trinajstić information content (AvgIpc) is 3.02. The van der Waals surface area contributed by atoms with Crippen molar-refractivity contribution in [2.24, 2.45) is 5.92 Å². The lowest BCUT2D eigenvalue weighted by Crippen LogP contribution is -2.49. The van der Waals surface area contributed by atoms with Crippen LogP contribution in [-0.4, -0.2) is 21.5 Å². The van der Waals surface area contributed by atoms with Gasteiger partial charge in [-0.2, -0.15) is 0 Å². The smallest absolute Gasteiger partial charge is 0.167 e. The van der Waals surface area contributed by atoms with Gasteiger partial charge in [-0.15, -0.1) is 0 Å². The third-order valence-corrected chi connectivity index (χ3v) is 8.95. The lowest BCUT2D eigenvalue weighted by atomic mass is 9.55. The van der Waals surface area contributed by atoms with Crippen molar-refractivity contribution in [3.8, 4) is 0 Å². The number of carbonyl (C=O) groups is 1. The Balaban J connectivity index is 1.52. The van der Waals surface area contributed by atoms with Crippen LogP contribution in [0.4, 0.5) is 0 Å². The summed E-state index contributed by atoms with van der Waals surface area (Å²) >= 11 is 0. The molecule has 1 fully saturated rings. The maximum atomic E-state index is 13.3. The summed E-state index contributed by atoms with van der Waals surface area (Å²) in [6.45, 7) is 4.15. The van der Waals surface area contributed by atoms with Gasteiger partial charge in [0.1, 0.15) is 0 Å². The molecule has 3 atom stereocenters. The summed E-state index contributed by atoms with van der Waals surface area (Å²) in [7, 11) is 0. The van der Waals surface area contributed by atoms with E-state index >= 15 is 0 Å². The van der Waals surface area contributed by atoms with Gasteiger partial charge in [0.25, 0.3) is 0 Å². The van der Waals surface area contributed by atoms with E-state index in [0.717, 1.165) is 74.6 Å². The number of fused-ring (bicyclic) bond motifs is 3. The molecular formula is C33H39NO2. The van der Waals surface area contributed by atoms with Crippen LogP contribution < -0.4 is 0 Å². The third-order valence-electron chi connectivity index (χ3n) is 8.95. The number of hydrogen-bond acceptors (Lipinski definition) is 3. The van der Waals surface area contributed by atoms with E-state index in [2.05, 4.69) is 60.4 Å². The molecule has 3 nitrogen and oxygen atoms in total. The number of Topliss-reactive ketones (excluding diaryl/α,β-unsaturated/α-hetero) is 1. The van der Waals surface area contributed by atoms with Gasteiger partial charge in [0.2, 0.25) is 0 Å². The number of nitrogens with zero attached hydrogens (tertiary/aromatic N) is 1. The van der Waals surface area contributed by atoms with E-state index in [1.54, 1.807) is 6.20 Å². The molecule has 3 heteroatoms. The molecule has 5 rings (SSSR count). The summed E-state index contributed by atoms with van der Waals surface area (Å²) in [5.74, 6) is 0.608. The molecule has 2 aromatic carbocycles. The first kappa shape index (κ1) is 24.9. The molecule has 2 aliphatic carbocycles. The van der Waals surface area contributed by atoms with Crippen LogP contribution in [0.3, 0.4) is 0 Å². The summed E-state index contributed by atoms with van der Waals surface area (Å²) in [5, 5.41) is 11.5. The molecule has 1 heterocycles. The van der Waals surface area contributed by atoms with E-state index in [9.17, 15) is 9.90 Å². The minimum atomic E-state index is -0.540. The lowest BCUT2D eigenvalue weighted by molar-refractivity contribution is -0.0534. The Morgan fingerprint density at radius 2 is 1.92 bits per heavy atom. The van der Waals surface area contributed by atoms with Gasteiger partial charge < -0.3 is 5.11 Å². The first-order chi connectivity index (χ1) is 17.4. The van der Waals surface area contributed by atoms with Gasteiger partial charge in [0, 0.05) is 29.3 Å². The third kappa shape index (κ3) is 4.91. The second kappa shape index (κ2) is 10.3. The molecule has 3 aromatic rings. The fourth-order valence-corrected chi connectivity index (χ4v) is 7.11. The number of pyridine rings is 1. The van der Waals surface area contributed by atoms with Crippen LogP contribution in [0, 0.1) is 12.8 Å². The second-order valence-corrected chi connectivity index (χ2v) is 11.3. The number of benzene rings is 2. The molecule has 0 bridgehead atoms. The van der Waals surface area contributed by atoms with E-state index in [1.807, 2.05) is 19.1 Å². The first-order valence-electron chi connectivity index (χ1n) is 13.8. The number of carbonyl (C=O) groups excluding carboxylic acids is 1. The maximum absolute atomic E-state index is 13.3. The molecular weight excluding hydrogens is 442 g/mol. The fourth-order valence-electron chi connectivity index (χ4n) is 7.11. The van der Waals surface area contributed by atoms with Crippen LogP contribution >= 0.6 is 0 Å². The van der Waals surface area contributed by atoms with E-state index in [0.29, 0.717) is 12.3 Å². The molecule has 0 radical (unpaired) electrons. The van der Waals surface area contributed by atoms with Gasteiger partial charge in [0.15, 0.2) is 5.78 Å². The van der Waals surface area contributed by atoms with Gasteiger partial charge in [-0.25, -0.2) is 0 Å². The standard InChI is InChI=1S/C33H39NO2/c1-3-16-32(36)17-18-33(22-25-9-5-4-6-10-25)29(23-32)13-7-11-27-20-28(14-15-30(27)33)31(35)21-26-12-8-19-34-24(26)2/h4-6,8-10,12,14-15,19-20,29,36H,3,7,11,13,16-18,21-23H2,1-2H3/t29-,32+,33-/m0/s1.